The van der Waals surface area contributed by atoms with Crippen molar-refractivity contribution in [2.75, 3.05) is 18.1 Å². The zero-order chi connectivity index (χ0) is 12.5. The smallest absolute Gasteiger partial charge is 0.258 e. The lowest BCUT2D eigenvalue weighted by molar-refractivity contribution is -0.119. The highest BCUT2D eigenvalue weighted by molar-refractivity contribution is 6.28. The first kappa shape index (κ1) is 11.0. The Morgan fingerprint density at radius 3 is 2.33 bits per heavy atom. The fourth-order valence-electron chi connectivity index (χ4n) is 1.70. The molecule has 0 radical (unpaired) electrons. The largest absolute Gasteiger partial charge is 0.491 e. The number of imide groups is 1. The molecule has 18 heavy (non-hydrogen) atoms. The van der Waals surface area contributed by atoms with E-state index < -0.39 is 0 Å². The summed E-state index contributed by atoms with van der Waals surface area (Å²) in [5.41, 5.74) is 0.546. The maximum atomic E-state index is 11.5. The molecule has 0 N–H and O–H groups in total. The molecule has 2 aliphatic heterocycles. The van der Waals surface area contributed by atoms with Crippen molar-refractivity contribution in [3.63, 3.8) is 0 Å². The van der Waals surface area contributed by atoms with Gasteiger partial charge in [0.2, 0.25) is 0 Å². The standard InChI is InChI=1S/C13H11NO4/c15-12-5-6-13(16)14(12)9-1-3-10(4-2-9)17-7-11-8-18-11/h1-6,11H,7-8H2. The van der Waals surface area contributed by atoms with Crippen molar-refractivity contribution in [2.45, 2.75) is 6.10 Å². The van der Waals surface area contributed by atoms with Crippen LogP contribution >= 0.6 is 0 Å². The number of epoxide rings is 1. The number of amides is 2. The topological polar surface area (TPSA) is 59.1 Å². The Kier molecular flexibility index (Phi) is 2.60. The Balaban J connectivity index is 1.70. The van der Waals surface area contributed by atoms with Crippen molar-refractivity contribution < 1.29 is 19.1 Å². The summed E-state index contributed by atoms with van der Waals surface area (Å²) in [6.07, 6.45) is 2.73. The number of hydrogen-bond acceptors (Lipinski definition) is 4. The maximum Gasteiger partial charge on any atom is 0.258 e. The highest BCUT2D eigenvalue weighted by Gasteiger charge is 2.25. The first-order chi connectivity index (χ1) is 8.74. The summed E-state index contributed by atoms with van der Waals surface area (Å²) in [6.45, 7) is 1.28. The second-order valence-electron chi connectivity index (χ2n) is 4.11. The van der Waals surface area contributed by atoms with Gasteiger partial charge < -0.3 is 9.47 Å². The highest BCUT2D eigenvalue weighted by Crippen LogP contribution is 2.23. The predicted molar refractivity (Wildman–Crippen MR) is 63.3 cm³/mol. The van der Waals surface area contributed by atoms with Crippen molar-refractivity contribution in [2.24, 2.45) is 0 Å². The van der Waals surface area contributed by atoms with Gasteiger partial charge in [0, 0.05) is 12.2 Å². The van der Waals surface area contributed by atoms with E-state index in [0.29, 0.717) is 18.0 Å². The van der Waals surface area contributed by atoms with Crippen LogP contribution in [-0.2, 0) is 14.3 Å². The quantitative estimate of drug-likeness (QED) is 0.584. The number of hydrogen-bond donors (Lipinski definition) is 0. The second kappa shape index (κ2) is 4.27. The van der Waals surface area contributed by atoms with Gasteiger partial charge in [-0.1, -0.05) is 0 Å². The summed E-state index contributed by atoms with van der Waals surface area (Å²) >= 11 is 0. The number of anilines is 1. The molecule has 2 amide bonds. The summed E-state index contributed by atoms with van der Waals surface area (Å²) in [4.78, 5) is 24.0. The number of carbonyl (C=O) groups is 2. The summed E-state index contributed by atoms with van der Waals surface area (Å²) in [7, 11) is 0. The molecule has 0 aromatic heterocycles. The average molecular weight is 245 g/mol. The van der Waals surface area contributed by atoms with Gasteiger partial charge in [-0.05, 0) is 24.3 Å². The summed E-state index contributed by atoms with van der Waals surface area (Å²) in [5.74, 6) is 0.0569. The average Bonchev–Trinajstić information content (AvgIpc) is 3.14. The molecule has 0 aliphatic carbocycles. The second-order valence-corrected chi connectivity index (χ2v) is 4.11. The molecule has 0 bridgehead atoms. The molecule has 1 aromatic carbocycles. The SMILES string of the molecule is O=C1C=CC(=O)N1c1ccc(OCC2CO2)cc1. The lowest BCUT2D eigenvalue weighted by atomic mass is 10.2. The number of nitrogens with zero attached hydrogens (tertiary/aromatic N) is 1. The van der Waals surface area contributed by atoms with Crippen LogP contribution in [0.3, 0.4) is 0 Å². The van der Waals surface area contributed by atoms with Crippen molar-refractivity contribution >= 4 is 17.5 Å². The van der Waals surface area contributed by atoms with Gasteiger partial charge >= 0.3 is 0 Å². The zero-order valence-corrected chi connectivity index (χ0v) is 9.54. The molecule has 1 aromatic rings. The third-order valence-electron chi connectivity index (χ3n) is 2.74. The van der Waals surface area contributed by atoms with Crippen molar-refractivity contribution in [1.29, 1.82) is 0 Å². The minimum Gasteiger partial charge on any atom is -0.491 e. The summed E-state index contributed by atoms with van der Waals surface area (Å²) < 4.78 is 10.5. The number of carbonyl (C=O) groups excluding carboxylic acids is 2. The maximum absolute atomic E-state index is 11.5. The number of rotatable bonds is 4. The fraction of sp³-hybridized carbons (Fsp3) is 0.231. The van der Waals surface area contributed by atoms with E-state index in [2.05, 4.69) is 0 Å². The normalized spacial score (nSPS) is 21.6. The van der Waals surface area contributed by atoms with E-state index in [1.165, 1.54) is 12.2 Å². The number of benzene rings is 1. The summed E-state index contributed by atoms with van der Waals surface area (Å²) in [5, 5.41) is 0. The third kappa shape index (κ3) is 2.12. The molecule has 2 aliphatic rings. The lowest BCUT2D eigenvalue weighted by Gasteiger charge is -2.14. The number of ether oxygens (including phenoxy) is 2. The van der Waals surface area contributed by atoms with E-state index in [-0.39, 0.29) is 17.9 Å². The van der Waals surface area contributed by atoms with Crippen molar-refractivity contribution in [3.8, 4) is 5.75 Å². The van der Waals surface area contributed by atoms with Gasteiger partial charge in [0.05, 0.1) is 12.3 Å². The van der Waals surface area contributed by atoms with Gasteiger partial charge in [-0.25, -0.2) is 4.90 Å². The molecule has 1 saturated heterocycles. The molecule has 5 nitrogen and oxygen atoms in total. The molecule has 3 rings (SSSR count). The van der Waals surface area contributed by atoms with Gasteiger partial charge in [-0.2, -0.15) is 0 Å². The molecule has 0 saturated carbocycles. The molecule has 0 spiro atoms. The first-order valence-corrected chi connectivity index (χ1v) is 5.64. The van der Waals surface area contributed by atoms with Crippen LogP contribution in [0.25, 0.3) is 0 Å². The van der Waals surface area contributed by atoms with E-state index in [1.807, 2.05) is 0 Å². The molecule has 5 heteroatoms. The van der Waals surface area contributed by atoms with Gasteiger partial charge in [0.15, 0.2) is 0 Å². The van der Waals surface area contributed by atoms with Gasteiger partial charge in [-0.3, -0.25) is 9.59 Å². The predicted octanol–water partition coefficient (Wildman–Crippen LogP) is 0.894. The Labute approximate surface area is 104 Å². The molecular weight excluding hydrogens is 234 g/mol. The Bertz CT molecular complexity index is 498. The van der Waals surface area contributed by atoms with Crippen LogP contribution in [0.1, 0.15) is 0 Å². The van der Waals surface area contributed by atoms with E-state index in [9.17, 15) is 9.59 Å². The van der Waals surface area contributed by atoms with Gasteiger partial charge in [0.1, 0.15) is 18.5 Å². The van der Waals surface area contributed by atoms with E-state index in [4.69, 9.17) is 9.47 Å². The molecule has 2 heterocycles. The monoisotopic (exact) mass is 245 g/mol. The van der Waals surface area contributed by atoms with Crippen LogP contribution in [-0.4, -0.2) is 31.1 Å². The Hall–Kier alpha value is -2.14. The molecule has 1 unspecified atom stereocenters. The Morgan fingerprint density at radius 2 is 1.78 bits per heavy atom. The summed E-state index contributed by atoms with van der Waals surface area (Å²) in [6, 6.07) is 6.84. The minimum atomic E-state index is -0.319. The van der Waals surface area contributed by atoms with Gasteiger partial charge in [-0.15, -0.1) is 0 Å². The third-order valence-corrected chi connectivity index (χ3v) is 2.74. The molecule has 92 valence electrons. The van der Waals surface area contributed by atoms with Crippen molar-refractivity contribution in [1.82, 2.24) is 0 Å². The molecule has 1 fully saturated rings. The van der Waals surface area contributed by atoms with Crippen LogP contribution in [0.4, 0.5) is 5.69 Å². The Morgan fingerprint density at radius 1 is 1.17 bits per heavy atom. The van der Waals surface area contributed by atoms with Crippen LogP contribution in [0.5, 0.6) is 5.75 Å². The van der Waals surface area contributed by atoms with Crippen LogP contribution in [0, 0.1) is 0 Å². The minimum absolute atomic E-state index is 0.204. The van der Waals surface area contributed by atoms with Gasteiger partial charge in [0.25, 0.3) is 11.8 Å². The lowest BCUT2D eigenvalue weighted by Crippen LogP contribution is -2.29. The van der Waals surface area contributed by atoms with E-state index in [0.717, 1.165) is 11.5 Å². The van der Waals surface area contributed by atoms with Crippen molar-refractivity contribution in [3.05, 3.63) is 36.4 Å². The molecular formula is C13H11NO4. The zero-order valence-electron chi connectivity index (χ0n) is 9.54. The van der Waals surface area contributed by atoms with E-state index >= 15 is 0 Å². The molecule has 1 atom stereocenters. The first-order valence-electron chi connectivity index (χ1n) is 5.64. The van der Waals surface area contributed by atoms with Crippen LogP contribution < -0.4 is 9.64 Å². The van der Waals surface area contributed by atoms with E-state index in [1.54, 1.807) is 24.3 Å². The highest BCUT2D eigenvalue weighted by atomic mass is 16.6. The van der Waals surface area contributed by atoms with Crippen LogP contribution in [0.15, 0.2) is 36.4 Å². The van der Waals surface area contributed by atoms with Crippen LogP contribution in [0.2, 0.25) is 0 Å². The fourth-order valence-corrected chi connectivity index (χ4v) is 1.70.